The molecule has 5 heteroatoms. The third-order valence-electron chi connectivity index (χ3n) is 8.93. The van der Waals surface area contributed by atoms with Crippen LogP contribution >= 0.6 is 0 Å². The Kier molecular flexibility index (Phi) is 7.83. The Bertz CT molecular complexity index is 672. The number of likely N-dealkylation sites (tertiary alicyclic amines) is 1. The summed E-state index contributed by atoms with van der Waals surface area (Å²) in [5.74, 6) is 3.19. The van der Waals surface area contributed by atoms with Crippen LogP contribution < -0.4 is 5.32 Å². The summed E-state index contributed by atoms with van der Waals surface area (Å²) in [7, 11) is 0. The molecule has 180 valence electrons. The lowest BCUT2D eigenvalue weighted by Crippen LogP contribution is -2.49. The van der Waals surface area contributed by atoms with E-state index in [2.05, 4.69) is 11.9 Å². The summed E-state index contributed by atoms with van der Waals surface area (Å²) in [6.45, 7) is 8.35. The smallest absolute Gasteiger partial charge is 0.253 e. The molecule has 5 nitrogen and oxygen atoms in total. The molecule has 2 amide bonds. The molecule has 0 aromatic carbocycles. The SMILES string of the molecule is C=C1NC(CCC2CCCCC2)(CC2CCCCC2)C(=O)N1CC1CCN(C(C)=O)CC1. The summed E-state index contributed by atoms with van der Waals surface area (Å²) in [5, 5.41) is 3.69. The van der Waals surface area contributed by atoms with Crippen LogP contribution in [0.15, 0.2) is 12.4 Å². The summed E-state index contributed by atoms with van der Waals surface area (Å²) in [6.07, 6.45) is 18.4. The molecule has 2 saturated carbocycles. The standard InChI is InChI=1S/C27H45N3O2/c1-21-28-27(19-24-11-7-4-8-12-24,16-13-23-9-5-3-6-10-23)26(32)30(21)20-25-14-17-29(18-15-25)22(2)31/h23-25,28H,1,3-20H2,2H3. The van der Waals surface area contributed by atoms with Crippen molar-refractivity contribution >= 4 is 11.8 Å². The molecule has 1 unspecified atom stereocenters. The number of hydrogen-bond donors (Lipinski definition) is 1. The second-order valence-corrected chi connectivity index (χ2v) is 11.3. The summed E-state index contributed by atoms with van der Waals surface area (Å²) in [4.78, 5) is 29.6. The van der Waals surface area contributed by atoms with Gasteiger partial charge in [0.2, 0.25) is 5.91 Å². The maximum absolute atomic E-state index is 14.0. The molecular formula is C27H45N3O2. The maximum Gasteiger partial charge on any atom is 0.253 e. The third-order valence-corrected chi connectivity index (χ3v) is 8.93. The highest BCUT2D eigenvalue weighted by atomic mass is 16.2. The average molecular weight is 444 g/mol. The first-order valence-corrected chi connectivity index (χ1v) is 13.5. The van der Waals surface area contributed by atoms with E-state index in [4.69, 9.17) is 0 Å². The fraction of sp³-hybridized carbons (Fsp3) is 0.852. The fourth-order valence-electron chi connectivity index (χ4n) is 6.88. The summed E-state index contributed by atoms with van der Waals surface area (Å²) in [6, 6.07) is 0. The molecule has 0 aromatic rings. The highest BCUT2D eigenvalue weighted by Gasteiger charge is 2.49. The highest BCUT2D eigenvalue weighted by molar-refractivity contribution is 5.91. The van der Waals surface area contributed by atoms with Crippen molar-refractivity contribution in [1.29, 1.82) is 0 Å². The zero-order valence-electron chi connectivity index (χ0n) is 20.4. The zero-order chi connectivity index (χ0) is 22.6. The van der Waals surface area contributed by atoms with Crippen molar-refractivity contribution in [1.82, 2.24) is 15.1 Å². The van der Waals surface area contributed by atoms with Crippen molar-refractivity contribution in [2.45, 2.75) is 109 Å². The number of hydrogen-bond acceptors (Lipinski definition) is 3. The van der Waals surface area contributed by atoms with Crippen molar-refractivity contribution in [3.05, 3.63) is 12.4 Å². The van der Waals surface area contributed by atoms with E-state index in [-0.39, 0.29) is 11.8 Å². The molecule has 0 spiro atoms. The first-order chi connectivity index (χ1) is 15.5. The number of carbonyl (C=O) groups is 2. The number of amides is 2. The normalized spacial score (nSPS) is 28.9. The van der Waals surface area contributed by atoms with Gasteiger partial charge in [-0.25, -0.2) is 0 Å². The van der Waals surface area contributed by atoms with Gasteiger partial charge in [-0.3, -0.25) is 14.5 Å². The van der Waals surface area contributed by atoms with Crippen LogP contribution in [0.3, 0.4) is 0 Å². The van der Waals surface area contributed by atoms with Crippen molar-refractivity contribution in [3.63, 3.8) is 0 Å². The number of nitrogens with one attached hydrogen (secondary N) is 1. The zero-order valence-corrected chi connectivity index (χ0v) is 20.4. The maximum atomic E-state index is 14.0. The Hall–Kier alpha value is -1.52. The summed E-state index contributed by atoms with van der Waals surface area (Å²) >= 11 is 0. The minimum absolute atomic E-state index is 0.168. The highest BCUT2D eigenvalue weighted by Crippen LogP contribution is 2.40. The van der Waals surface area contributed by atoms with E-state index in [0.29, 0.717) is 11.8 Å². The first-order valence-electron chi connectivity index (χ1n) is 13.5. The van der Waals surface area contributed by atoms with Crippen LogP contribution in [0.25, 0.3) is 0 Å². The van der Waals surface area contributed by atoms with Gasteiger partial charge in [-0.2, -0.15) is 0 Å². The molecule has 0 aromatic heterocycles. The molecule has 4 fully saturated rings. The van der Waals surface area contributed by atoms with Gasteiger partial charge in [0, 0.05) is 26.6 Å². The van der Waals surface area contributed by atoms with Crippen molar-refractivity contribution in [3.8, 4) is 0 Å². The molecule has 0 bridgehead atoms. The molecule has 2 heterocycles. The van der Waals surface area contributed by atoms with Gasteiger partial charge in [0.15, 0.2) is 0 Å². The van der Waals surface area contributed by atoms with Gasteiger partial charge in [0.05, 0.1) is 0 Å². The van der Waals surface area contributed by atoms with Crippen molar-refractivity contribution in [2.75, 3.05) is 19.6 Å². The van der Waals surface area contributed by atoms with Gasteiger partial charge >= 0.3 is 0 Å². The van der Waals surface area contributed by atoms with E-state index in [1.807, 2.05) is 9.80 Å². The quantitative estimate of drug-likeness (QED) is 0.587. The molecule has 2 aliphatic carbocycles. The molecule has 4 rings (SSSR count). The Morgan fingerprint density at radius 3 is 2.12 bits per heavy atom. The average Bonchev–Trinajstić information content (AvgIpc) is 3.04. The largest absolute Gasteiger partial charge is 0.358 e. The molecule has 1 N–H and O–H groups in total. The van der Waals surface area contributed by atoms with E-state index < -0.39 is 5.54 Å². The molecule has 2 saturated heterocycles. The Labute approximate surface area is 195 Å². The predicted molar refractivity (Wildman–Crippen MR) is 129 cm³/mol. The van der Waals surface area contributed by atoms with Crippen LogP contribution in [0, 0.1) is 17.8 Å². The van der Waals surface area contributed by atoms with E-state index in [0.717, 1.165) is 57.1 Å². The van der Waals surface area contributed by atoms with E-state index >= 15 is 0 Å². The van der Waals surface area contributed by atoms with Gasteiger partial charge in [0.1, 0.15) is 11.4 Å². The molecule has 1 atom stereocenters. The number of rotatable bonds is 7. The van der Waals surface area contributed by atoms with Gasteiger partial charge < -0.3 is 10.2 Å². The predicted octanol–water partition coefficient (Wildman–Crippen LogP) is 5.22. The van der Waals surface area contributed by atoms with Gasteiger partial charge in [-0.05, 0) is 49.9 Å². The van der Waals surface area contributed by atoms with Crippen LogP contribution in [-0.4, -0.2) is 46.8 Å². The Morgan fingerprint density at radius 1 is 0.938 bits per heavy atom. The van der Waals surface area contributed by atoms with Crippen molar-refractivity contribution in [2.24, 2.45) is 17.8 Å². The van der Waals surface area contributed by atoms with Gasteiger partial charge in [-0.1, -0.05) is 70.8 Å². The lowest BCUT2D eigenvalue weighted by atomic mass is 9.75. The van der Waals surface area contributed by atoms with Gasteiger partial charge in [0.25, 0.3) is 5.91 Å². The van der Waals surface area contributed by atoms with Gasteiger partial charge in [-0.15, -0.1) is 0 Å². The van der Waals surface area contributed by atoms with Crippen LogP contribution in [0.1, 0.15) is 103 Å². The summed E-state index contributed by atoms with van der Waals surface area (Å²) < 4.78 is 0. The minimum Gasteiger partial charge on any atom is -0.358 e. The van der Waals surface area contributed by atoms with E-state index in [1.165, 1.54) is 70.6 Å². The molecular weight excluding hydrogens is 398 g/mol. The number of piperidine rings is 1. The number of carbonyl (C=O) groups excluding carboxylic acids is 2. The molecule has 4 aliphatic rings. The molecule has 2 aliphatic heterocycles. The lowest BCUT2D eigenvalue weighted by Gasteiger charge is -2.35. The van der Waals surface area contributed by atoms with Crippen LogP contribution in [0.2, 0.25) is 0 Å². The lowest BCUT2D eigenvalue weighted by molar-refractivity contribution is -0.134. The van der Waals surface area contributed by atoms with Crippen LogP contribution in [-0.2, 0) is 9.59 Å². The fourth-order valence-corrected chi connectivity index (χ4v) is 6.88. The Balaban J connectivity index is 1.42. The van der Waals surface area contributed by atoms with Crippen molar-refractivity contribution < 1.29 is 9.59 Å². The second kappa shape index (κ2) is 10.6. The van der Waals surface area contributed by atoms with E-state index in [9.17, 15) is 9.59 Å². The minimum atomic E-state index is -0.434. The first kappa shape index (κ1) is 23.6. The molecule has 0 radical (unpaired) electrons. The van der Waals surface area contributed by atoms with Crippen LogP contribution in [0.5, 0.6) is 0 Å². The van der Waals surface area contributed by atoms with E-state index in [1.54, 1.807) is 6.92 Å². The monoisotopic (exact) mass is 443 g/mol. The third kappa shape index (κ3) is 5.51. The topological polar surface area (TPSA) is 52.7 Å². The number of nitrogens with zero attached hydrogens (tertiary/aromatic N) is 2. The summed E-state index contributed by atoms with van der Waals surface area (Å²) in [5.41, 5.74) is -0.434. The second-order valence-electron chi connectivity index (χ2n) is 11.3. The Morgan fingerprint density at radius 2 is 1.53 bits per heavy atom. The molecule has 32 heavy (non-hydrogen) atoms. The van der Waals surface area contributed by atoms with Crippen LogP contribution in [0.4, 0.5) is 0 Å².